The Morgan fingerprint density at radius 1 is 0.930 bits per heavy atom. The van der Waals surface area contributed by atoms with Crippen LogP contribution < -0.4 is 5.32 Å². The molecule has 0 radical (unpaired) electrons. The highest BCUT2D eigenvalue weighted by atomic mass is 32.1. The van der Waals surface area contributed by atoms with Crippen LogP contribution in [0.2, 0.25) is 0 Å². The Bertz CT molecular complexity index is 1830. The first-order valence-corrected chi connectivity index (χ1v) is 17.7. The summed E-state index contributed by atoms with van der Waals surface area (Å²) in [6.45, 7) is 4.70. The maximum atomic E-state index is 14.2. The average Bonchev–Trinajstić information content (AvgIpc) is 3.40. The van der Waals surface area contributed by atoms with Crippen molar-refractivity contribution in [3.8, 4) is 0 Å². The quantitative estimate of drug-likeness (QED) is 0.178. The van der Waals surface area contributed by atoms with Gasteiger partial charge in [0.2, 0.25) is 13.3 Å². The maximum Gasteiger partial charge on any atom is 0.264 e. The van der Waals surface area contributed by atoms with Gasteiger partial charge in [0.1, 0.15) is 5.66 Å². The van der Waals surface area contributed by atoms with Crippen LogP contribution in [0.15, 0.2) is 97.1 Å². The van der Waals surface area contributed by atoms with Gasteiger partial charge in [-0.05, 0) is 65.6 Å². The summed E-state index contributed by atoms with van der Waals surface area (Å²) in [6.07, 6.45) is 1.74. The van der Waals surface area contributed by atoms with Gasteiger partial charge in [-0.15, -0.1) is 11.3 Å². The van der Waals surface area contributed by atoms with Crippen molar-refractivity contribution in [2.75, 3.05) is 31.7 Å². The summed E-state index contributed by atoms with van der Waals surface area (Å²) in [4.78, 5) is 30.7. The average molecular weight is 611 g/mol. The number of nitrogens with zero attached hydrogens (tertiary/aromatic N) is 1. The van der Waals surface area contributed by atoms with Crippen LogP contribution in [0.1, 0.15) is 52.1 Å². The number of amides is 2. The molecular weight excluding hydrogens is 575 g/mol. The number of rotatable bonds is 8. The fraction of sp³-hybridized carbons (Fsp3) is 0.257. The van der Waals surface area contributed by atoms with E-state index in [4.69, 9.17) is 4.52 Å². The van der Waals surface area contributed by atoms with Gasteiger partial charge in [-0.1, -0.05) is 78.9 Å². The van der Waals surface area contributed by atoms with E-state index in [9.17, 15) is 14.2 Å². The third-order valence-electron chi connectivity index (χ3n) is 8.27. The third kappa shape index (κ3) is 6.03. The molecule has 0 aliphatic carbocycles. The fourth-order valence-electron chi connectivity index (χ4n) is 6.17. The Morgan fingerprint density at radius 2 is 1.60 bits per heavy atom. The largest absolute Gasteiger partial charge is 0.338 e. The molecule has 1 fully saturated rings. The summed E-state index contributed by atoms with van der Waals surface area (Å²) >= 11 is 1.36. The summed E-state index contributed by atoms with van der Waals surface area (Å²) in [5.41, 5.74) is 1.23. The van der Waals surface area contributed by atoms with Crippen LogP contribution in [0.5, 0.6) is 0 Å². The van der Waals surface area contributed by atoms with Gasteiger partial charge in [-0.3, -0.25) is 14.2 Å². The standard InChI is InChI=1S/C35H35N2O4PS/c1-3-41-42(2,40)32(34(38)36-28-18-17-25-13-7-8-14-27(25)23-28)31-29-15-9-10-16-30(29)43-33(31)35(39)37-21-19-26(20-22-37)24-11-5-4-6-12-24/h4-18,23,26,32H,3,19-22H2,1-2H3,(H,36,38). The molecule has 0 bridgehead atoms. The van der Waals surface area contributed by atoms with Crippen LogP contribution in [0.25, 0.3) is 20.9 Å². The number of nitrogens with one attached hydrogen (secondary N) is 1. The molecule has 1 aromatic heterocycles. The van der Waals surface area contributed by atoms with Gasteiger partial charge in [0.25, 0.3) is 5.91 Å². The number of anilines is 1. The third-order valence-corrected chi connectivity index (χ3v) is 11.7. The van der Waals surface area contributed by atoms with Crippen molar-refractivity contribution in [3.05, 3.63) is 113 Å². The van der Waals surface area contributed by atoms with E-state index in [1.807, 2.05) is 77.7 Å². The predicted molar refractivity (Wildman–Crippen MR) is 177 cm³/mol. The molecule has 5 aromatic rings. The zero-order chi connectivity index (χ0) is 30.0. The van der Waals surface area contributed by atoms with Crippen molar-refractivity contribution >= 4 is 57.1 Å². The van der Waals surface area contributed by atoms with E-state index in [-0.39, 0.29) is 12.5 Å². The lowest BCUT2D eigenvalue weighted by Crippen LogP contribution is -2.38. The summed E-state index contributed by atoms with van der Waals surface area (Å²) < 4.78 is 20.9. The number of fused-ring (bicyclic) bond motifs is 2. The minimum atomic E-state index is -3.57. The molecule has 2 amide bonds. The first kappa shape index (κ1) is 29.3. The smallest absolute Gasteiger partial charge is 0.264 e. The first-order valence-electron chi connectivity index (χ1n) is 14.7. The minimum Gasteiger partial charge on any atom is -0.338 e. The van der Waals surface area contributed by atoms with Crippen molar-refractivity contribution in [2.24, 2.45) is 0 Å². The lowest BCUT2D eigenvalue weighted by Gasteiger charge is -2.33. The molecule has 1 aliphatic rings. The number of carbonyl (C=O) groups is 2. The Morgan fingerprint density at radius 3 is 2.35 bits per heavy atom. The van der Waals surface area contributed by atoms with E-state index in [1.54, 1.807) is 6.92 Å². The van der Waals surface area contributed by atoms with Gasteiger partial charge in [-0.25, -0.2) is 0 Å². The van der Waals surface area contributed by atoms with Crippen molar-refractivity contribution in [3.63, 3.8) is 0 Å². The second-order valence-electron chi connectivity index (χ2n) is 11.1. The highest BCUT2D eigenvalue weighted by molar-refractivity contribution is 7.59. The molecule has 6 rings (SSSR count). The highest BCUT2D eigenvalue weighted by Gasteiger charge is 2.42. The Kier molecular flexibility index (Phi) is 8.49. The zero-order valence-electron chi connectivity index (χ0n) is 24.4. The molecule has 43 heavy (non-hydrogen) atoms. The van der Waals surface area contributed by atoms with Gasteiger partial charge in [0, 0.05) is 35.7 Å². The molecule has 220 valence electrons. The van der Waals surface area contributed by atoms with E-state index in [2.05, 4.69) is 29.6 Å². The molecule has 2 unspecified atom stereocenters. The summed E-state index contributed by atoms with van der Waals surface area (Å²) in [6, 6.07) is 31.7. The van der Waals surface area contributed by atoms with Crippen LogP contribution in [0.3, 0.4) is 0 Å². The maximum absolute atomic E-state index is 14.2. The van der Waals surface area contributed by atoms with E-state index < -0.39 is 18.9 Å². The van der Waals surface area contributed by atoms with Gasteiger partial charge in [-0.2, -0.15) is 0 Å². The van der Waals surface area contributed by atoms with Crippen LogP contribution >= 0.6 is 18.7 Å². The van der Waals surface area contributed by atoms with Gasteiger partial charge >= 0.3 is 0 Å². The molecule has 6 nitrogen and oxygen atoms in total. The van der Waals surface area contributed by atoms with Gasteiger partial charge in [0.05, 0.1) is 11.5 Å². The van der Waals surface area contributed by atoms with E-state index in [0.29, 0.717) is 35.1 Å². The minimum absolute atomic E-state index is 0.122. The van der Waals surface area contributed by atoms with Crippen LogP contribution in [-0.2, 0) is 13.9 Å². The molecule has 2 atom stereocenters. The van der Waals surface area contributed by atoms with Crippen molar-refractivity contribution in [1.29, 1.82) is 0 Å². The number of carbonyl (C=O) groups excluding carboxylic acids is 2. The number of hydrogen-bond acceptors (Lipinski definition) is 5. The van der Waals surface area contributed by atoms with Crippen molar-refractivity contribution in [2.45, 2.75) is 31.3 Å². The second-order valence-corrected chi connectivity index (χ2v) is 14.7. The zero-order valence-corrected chi connectivity index (χ0v) is 26.1. The van der Waals surface area contributed by atoms with Crippen LogP contribution in [0, 0.1) is 0 Å². The van der Waals surface area contributed by atoms with Crippen molar-refractivity contribution in [1.82, 2.24) is 4.90 Å². The van der Waals surface area contributed by atoms with Crippen LogP contribution in [0.4, 0.5) is 5.69 Å². The predicted octanol–water partition coefficient (Wildman–Crippen LogP) is 8.70. The first-order chi connectivity index (χ1) is 20.9. The fourth-order valence-corrected chi connectivity index (χ4v) is 9.35. The number of hydrogen-bond donors (Lipinski definition) is 1. The number of benzene rings is 4. The topological polar surface area (TPSA) is 75.7 Å². The number of likely N-dealkylation sites (tertiary alicyclic amines) is 1. The van der Waals surface area contributed by atoms with E-state index in [1.165, 1.54) is 23.6 Å². The van der Waals surface area contributed by atoms with Gasteiger partial charge in [0.15, 0.2) is 0 Å². The van der Waals surface area contributed by atoms with Gasteiger partial charge < -0.3 is 14.7 Å². The van der Waals surface area contributed by atoms with E-state index in [0.717, 1.165) is 33.7 Å². The summed E-state index contributed by atoms with van der Waals surface area (Å²) in [7, 11) is -3.57. The van der Waals surface area contributed by atoms with Crippen molar-refractivity contribution < 1.29 is 18.7 Å². The molecular formula is C35H35N2O4PS. The molecule has 8 heteroatoms. The molecule has 0 spiro atoms. The molecule has 0 saturated carbocycles. The molecule has 2 heterocycles. The summed E-state index contributed by atoms with van der Waals surface area (Å²) in [5.74, 6) is -0.168. The SMILES string of the molecule is CCOP(C)(=O)C(C(=O)Nc1ccc2ccccc2c1)c1c(C(=O)N2CCC(c3ccccc3)CC2)sc2ccccc12. The normalized spacial score (nSPS) is 16.2. The molecule has 1 saturated heterocycles. The van der Waals surface area contributed by atoms with E-state index >= 15 is 0 Å². The molecule has 1 aliphatic heterocycles. The van der Waals surface area contributed by atoms with Crippen LogP contribution in [-0.4, -0.2) is 43.1 Å². The Balaban J connectivity index is 1.36. The number of piperidine rings is 1. The monoisotopic (exact) mass is 610 g/mol. The highest BCUT2D eigenvalue weighted by Crippen LogP contribution is 2.60. The Labute approximate surface area is 256 Å². The Hall–Kier alpha value is -3.77. The lowest BCUT2D eigenvalue weighted by molar-refractivity contribution is -0.116. The number of thiophene rings is 1. The molecule has 4 aromatic carbocycles. The summed E-state index contributed by atoms with van der Waals surface area (Å²) in [5, 5.41) is 5.81. The lowest BCUT2D eigenvalue weighted by atomic mass is 9.89. The second kappa shape index (κ2) is 12.5. The molecule has 1 N–H and O–H groups in total.